The zero-order valence-electron chi connectivity index (χ0n) is 14.1. The molecule has 4 aromatic carbocycles. The van der Waals surface area contributed by atoms with Crippen LogP contribution in [0.1, 0.15) is 6.92 Å². The number of carbonyl (C=O) groups excluding carboxylic acids is 1. The minimum Gasteiger partial charge on any atom is -0.508 e. The fourth-order valence-corrected chi connectivity index (χ4v) is 3.31. The average Bonchev–Trinajstić information content (AvgIpc) is 2.63. The Morgan fingerprint density at radius 1 is 0.808 bits per heavy atom. The first-order chi connectivity index (χ1) is 12.5. The summed E-state index contributed by atoms with van der Waals surface area (Å²) in [7, 11) is 0. The van der Waals surface area contributed by atoms with E-state index in [-0.39, 0.29) is 17.5 Å². The summed E-state index contributed by atoms with van der Waals surface area (Å²) in [6, 6.07) is 19.8. The molecule has 4 rings (SSSR count). The molecule has 0 radical (unpaired) electrons. The van der Waals surface area contributed by atoms with Gasteiger partial charge in [0.05, 0.1) is 0 Å². The Kier molecular flexibility index (Phi) is 3.73. The molecule has 4 heteroatoms. The third-order valence-electron chi connectivity index (χ3n) is 4.38. The van der Waals surface area contributed by atoms with Gasteiger partial charge in [-0.2, -0.15) is 0 Å². The van der Waals surface area contributed by atoms with Crippen LogP contribution >= 0.6 is 0 Å². The van der Waals surface area contributed by atoms with E-state index in [0.29, 0.717) is 16.5 Å². The predicted octanol–water partition coefficient (Wildman–Crippen LogP) is 5.00. The summed E-state index contributed by atoms with van der Waals surface area (Å²) in [5, 5.41) is 23.6. The number of rotatable bonds is 2. The van der Waals surface area contributed by atoms with Gasteiger partial charge < -0.3 is 14.9 Å². The van der Waals surface area contributed by atoms with E-state index >= 15 is 0 Å². The number of aromatic hydroxyl groups is 2. The second kappa shape index (κ2) is 6.08. The fraction of sp³-hybridized carbons (Fsp3) is 0.0455. The molecule has 4 nitrogen and oxygen atoms in total. The fourth-order valence-electron chi connectivity index (χ4n) is 3.31. The van der Waals surface area contributed by atoms with Crippen LogP contribution in [-0.2, 0) is 4.79 Å². The van der Waals surface area contributed by atoms with Crippen LogP contribution in [0.2, 0.25) is 0 Å². The number of fused-ring (bicyclic) bond motifs is 2. The molecular formula is C22H16O4. The van der Waals surface area contributed by atoms with Gasteiger partial charge in [-0.15, -0.1) is 0 Å². The molecule has 0 bridgehead atoms. The smallest absolute Gasteiger partial charge is 0.308 e. The van der Waals surface area contributed by atoms with Gasteiger partial charge in [-0.3, -0.25) is 4.79 Å². The predicted molar refractivity (Wildman–Crippen MR) is 102 cm³/mol. The highest BCUT2D eigenvalue weighted by molar-refractivity contribution is 6.16. The van der Waals surface area contributed by atoms with Crippen LogP contribution < -0.4 is 4.74 Å². The molecule has 0 aliphatic carbocycles. The van der Waals surface area contributed by atoms with E-state index in [0.717, 1.165) is 21.9 Å². The van der Waals surface area contributed by atoms with Gasteiger partial charge in [-0.05, 0) is 52.2 Å². The molecule has 0 atom stereocenters. The maximum atomic E-state index is 11.1. The quantitative estimate of drug-likeness (QED) is 0.305. The summed E-state index contributed by atoms with van der Waals surface area (Å²) in [5.74, 6) is 0.353. The van der Waals surface area contributed by atoms with Crippen molar-refractivity contribution in [2.24, 2.45) is 0 Å². The van der Waals surface area contributed by atoms with Gasteiger partial charge in [0, 0.05) is 17.7 Å². The molecule has 2 N–H and O–H groups in total. The molecule has 0 amide bonds. The van der Waals surface area contributed by atoms with Crippen LogP contribution in [-0.4, -0.2) is 16.2 Å². The summed E-state index contributed by atoms with van der Waals surface area (Å²) in [4.78, 5) is 11.1. The van der Waals surface area contributed by atoms with Crippen LogP contribution in [0.15, 0.2) is 66.7 Å². The van der Waals surface area contributed by atoms with Crippen molar-refractivity contribution in [1.82, 2.24) is 0 Å². The summed E-state index contributed by atoms with van der Waals surface area (Å²) in [5.41, 5.74) is 1.87. The Balaban J connectivity index is 2.03. The highest BCUT2D eigenvalue weighted by Crippen LogP contribution is 2.43. The maximum Gasteiger partial charge on any atom is 0.308 e. The first kappa shape index (κ1) is 16.0. The van der Waals surface area contributed by atoms with Gasteiger partial charge >= 0.3 is 5.97 Å². The lowest BCUT2D eigenvalue weighted by atomic mass is 9.91. The van der Waals surface area contributed by atoms with Gasteiger partial charge in [0.15, 0.2) is 0 Å². The standard InChI is InChI=1S/C22H16O4/c1-13(23)26-16-9-6-14(7-10-16)21-17-4-2-3-5-19(17)22(25)20-12-15(24)8-11-18(20)21/h2-12,24-25H,1H3. The van der Waals surface area contributed by atoms with Crippen molar-refractivity contribution < 1.29 is 19.7 Å². The van der Waals surface area contributed by atoms with Crippen LogP contribution in [0, 0.1) is 0 Å². The first-order valence-corrected chi connectivity index (χ1v) is 8.20. The lowest BCUT2D eigenvalue weighted by molar-refractivity contribution is -0.131. The third-order valence-corrected chi connectivity index (χ3v) is 4.38. The Bertz CT molecular complexity index is 1140. The number of phenols is 2. The zero-order valence-corrected chi connectivity index (χ0v) is 14.1. The van der Waals surface area contributed by atoms with Crippen molar-refractivity contribution in [3.05, 3.63) is 66.7 Å². The highest BCUT2D eigenvalue weighted by Gasteiger charge is 2.15. The number of benzene rings is 4. The monoisotopic (exact) mass is 344 g/mol. The van der Waals surface area contributed by atoms with Crippen LogP contribution in [0.4, 0.5) is 0 Å². The average molecular weight is 344 g/mol. The lowest BCUT2D eigenvalue weighted by Crippen LogP contribution is -2.00. The van der Waals surface area contributed by atoms with E-state index in [1.165, 1.54) is 6.92 Å². The van der Waals surface area contributed by atoms with Gasteiger partial charge in [0.25, 0.3) is 0 Å². The maximum absolute atomic E-state index is 11.1. The van der Waals surface area contributed by atoms with Crippen molar-refractivity contribution in [3.63, 3.8) is 0 Å². The molecule has 26 heavy (non-hydrogen) atoms. The zero-order chi connectivity index (χ0) is 18.3. The van der Waals surface area contributed by atoms with Crippen LogP contribution in [0.5, 0.6) is 17.2 Å². The summed E-state index contributed by atoms with van der Waals surface area (Å²) in [6.45, 7) is 1.36. The van der Waals surface area contributed by atoms with Gasteiger partial charge in [0.1, 0.15) is 17.2 Å². The second-order valence-corrected chi connectivity index (χ2v) is 6.12. The van der Waals surface area contributed by atoms with Gasteiger partial charge in [0.2, 0.25) is 0 Å². The van der Waals surface area contributed by atoms with Crippen molar-refractivity contribution in [2.45, 2.75) is 6.92 Å². The molecule has 0 unspecified atom stereocenters. The number of carbonyl (C=O) groups is 1. The molecule has 0 saturated carbocycles. The Labute approximate surface area is 149 Å². The molecule has 4 aromatic rings. The molecule has 0 spiro atoms. The van der Waals surface area contributed by atoms with Crippen molar-refractivity contribution in [1.29, 1.82) is 0 Å². The SMILES string of the molecule is CC(=O)Oc1ccc(-c2c3ccccc3c(O)c3cc(O)ccc23)cc1. The van der Waals surface area contributed by atoms with E-state index in [4.69, 9.17) is 4.74 Å². The van der Waals surface area contributed by atoms with Crippen molar-refractivity contribution >= 4 is 27.5 Å². The van der Waals surface area contributed by atoms with E-state index in [1.807, 2.05) is 36.4 Å². The van der Waals surface area contributed by atoms with Crippen LogP contribution in [0.25, 0.3) is 32.7 Å². The summed E-state index contributed by atoms with van der Waals surface area (Å²) in [6.07, 6.45) is 0. The molecule has 0 saturated heterocycles. The van der Waals surface area contributed by atoms with Crippen molar-refractivity contribution in [3.8, 4) is 28.4 Å². The molecule has 128 valence electrons. The number of phenolic OH excluding ortho intramolecular Hbond substituents is 2. The lowest BCUT2D eigenvalue weighted by Gasteiger charge is -2.14. The normalized spacial score (nSPS) is 11.0. The number of hydrogen-bond donors (Lipinski definition) is 2. The molecule has 0 aromatic heterocycles. The van der Waals surface area contributed by atoms with Gasteiger partial charge in [-0.1, -0.05) is 36.4 Å². The number of hydrogen-bond acceptors (Lipinski definition) is 4. The summed E-state index contributed by atoms with van der Waals surface area (Å²) >= 11 is 0. The van der Waals surface area contributed by atoms with E-state index in [2.05, 4.69) is 0 Å². The minimum atomic E-state index is -0.367. The topological polar surface area (TPSA) is 66.8 Å². The molecule has 0 aliphatic heterocycles. The molecule has 0 aliphatic rings. The van der Waals surface area contributed by atoms with E-state index in [1.54, 1.807) is 30.3 Å². The van der Waals surface area contributed by atoms with E-state index in [9.17, 15) is 15.0 Å². The van der Waals surface area contributed by atoms with Crippen molar-refractivity contribution in [2.75, 3.05) is 0 Å². The Morgan fingerprint density at radius 3 is 2.15 bits per heavy atom. The van der Waals surface area contributed by atoms with Gasteiger partial charge in [-0.25, -0.2) is 0 Å². The number of ether oxygens (including phenoxy) is 1. The molecular weight excluding hydrogens is 328 g/mol. The van der Waals surface area contributed by atoms with Crippen LogP contribution in [0.3, 0.4) is 0 Å². The summed E-state index contributed by atoms with van der Waals surface area (Å²) < 4.78 is 5.10. The van der Waals surface area contributed by atoms with E-state index < -0.39 is 0 Å². The number of esters is 1. The minimum absolute atomic E-state index is 0.0965. The second-order valence-electron chi connectivity index (χ2n) is 6.12. The Morgan fingerprint density at radius 2 is 1.46 bits per heavy atom. The first-order valence-electron chi connectivity index (χ1n) is 8.20. The third kappa shape index (κ3) is 2.62. The Hall–Kier alpha value is -3.53. The molecule has 0 fully saturated rings. The molecule has 0 heterocycles. The largest absolute Gasteiger partial charge is 0.508 e. The highest BCUT2D eigenvalue weighted by atomic mass is 16.5.